The molecule has 2 rings (SSSR count). The molecule has 0 spiro atoms. The summed E-state index contributed by atoms with van der Waals surface area (Å²) in [5.41, 5.74) is 6.03. The number of hydrogen-bond acceptors (Lipinski definition) is 5. The Kier molecular flexibility index (Phi) is 4.14. The summed E-state index contributed by atoms with van der Waals surface area (Å²) in [6.07, 6.45) is 0. The summed E-state index contributed by atoms with van der Waals surface area (Å²) in [6.45, 7) is -0.00663. The van der Waals surface area contributed by atoms with Crippen LogP contribution in [0, 0.1) is 5.82 Å². The van der Waals surface area contributed by atoms with E-state index in [1.165, 1.54) is 19.2 Å². The molecule has 0 unspecified atom stereocenters. The van der Waals surface area contributed by atoms with Crippen LogP contribution in [0.25, 0.3) is 0 Å². The molecule has 0 atom stereocenters. The van der Waals surface area contributed by atoms with Crippen LogP contribution in [0.3, 0.4) is 0 Å². The largest absolute Gasteiger partial charge is 0.481 e. The molecule has 20 heavy (non-hydrogen) atoms. The Balaban J connectivity index is 2.02. The molecular formula is C14H13FN2O3. The molecule has 1 heterocycles. The minimum atomic E-state index is -0.596. The fraction of sp³-hybridized carbons (Fsp3) is 0.143. The summed E-state index contributed by atoms with van der Waals surface area (Å²) < 4.78 is 23.0. The number of methoxy groups -OCH3 is 1. The van der Waals surface area contributed by atoms with Crippen molar-refractivity contribution in [3.8, 4) is 5.88 Å². The van der Waals surface area contributed by atoms with Crippen molar-refractivity contribution in [2.24, 2.45) is 0 Å². The Morgan fingerprint density at radius 2 is 2.15 bits per heavy atom. The first-order chi connectivity index (χ1) is 9.60. The van der Waals surface area contributed by atoms with E-state index in [4.69, 9.17) is 15.2 Å². The molecule has 0 fully saturated rings. The molecule has 0 saturated heterocycles. The Morgan fingerprint density at radius 3 is 2.85 bits per heavy atom. The number of carbonyl (C=O) groups is 1. The van der Waals surface area contributed by atoms with Gasteiger partial charge in [0.15, 0.2) is 0 Å². The van der Waals surface area contributed by atoms with E-state index in [-0.39, 0.29) is 17.9 Å². The Labute approximate surface area is 115 Å². The van der Waals surface area contributed by atoms with Gasteiger partial charge in [0.05, 0.1) is 24.1 Å². The SMILES string of the molecule is COc1cccc(COC(=O)c2ccc(F)c(N)c2)n1. The van der Waals surface area contributed by atoms with Crippen molar-refractivity contribution in [1.29, 1.82) is 0 Å². The van der Waals surface area contributed by atoms with Gasteiger partial charge in [-0.25, -0.2) is 14.2 Å². The van der Waals surface area contributed by atoms with Gasteiger partial charge < -0.3 is 15.2 Å². The van der Waals surface area contributed by atoms with Gasteiger partial charge in [0, 0.05) is 6.07 Å². The van der Waals surface area contributed by atoms with Gasteiger partial charge in [0.25, 0.3) is 0 Å². The predicted octanol–water partition coefficient (Wildman–Crippen LogP) is 2.17. The topological polar surface area (TPSA) is 74.4 Å². The van der Waals surface area contributed by atoms with Crippen LogP contribution >= 0.6 is 0 Å². The Morgan fingerprint density at radius 1 is 1.35 bits per heavy atom. The Bertz CT molecular complexity index is 632. The zero-order valence-electron chi connectivity index (χ0n) is 10.8. The fourth-order valence-electron chi connectivity index (χ4n) is 1.55. The van der Waals surface area contributed by atoms with Gasteiger partial charge in [-0.1, -0.05) is 6.07 Å². The molecule has 0 aliphatic carbocycles. The van der Waals surface area contributed by atoms with Gasteiger partial charge in [-0.3, -0.25) is 0 Å². The molecule has 1 aromatic carbocycles. The van der Waals surface area contributed by atoms with Crippen molar-refractivity contribution in [3.05, 3.63) is 53.5 Å². The minimum Gasteiger partial charge on any atom is -0.481 e. The number of esters is 1. The smallest absolute Gasteiger partial charge is 0.338 e. The van der Waals surface area contributed by atoms with E-state index in [1.807, 2.05) is 0 Å². The molecular weight excluding hydrogens is 263 g/mol. The second kappa shape index (κ2) is 6.01. The fourth-order valence-corrected chi connectivity index (χ4v) is 1.55. The maximum atomic E-state index is 13.0. The number of pyridine rings is 1. The summed E-state index contributed by atoms with van der Waals surface area (Å²) in [5, 5.41) is 0. The summed E-state index contributed by atoms with van der Waals surface area (Å²) in [6, 6.07) is 8.80. The lowest BCUT2D eigenvalue weighted by molar-refractivity contribution is 0.0467. The number of hydrogen-bond donors (Lipinski definition) is 1. The third-order valence-corrected chi connectivity index (χ3v) is 2.57. The van der Waals surface area contributed by atoms with Crippen LogP contribution in [0.2, 0.25) is 0 Å². The van der Waals surface area contributed by atoms with E-state index in [0.717, 1.165) is 6.07 Å². The van der Waals surface area contributed by atoms with Crippen molar-refractivity contribution in [2.75, 3.05) is 12.8 Å². The highest BCUT2D eigenvalue weighted by Crippen LogP contribution is 2.14. The van der Waals surface area contributed by atoms with Gasteiger partial charge in [-0.2, -0.15) is 0 Å². The number of carbonyl (C=O) groups excluding carboxylic acids is 1. The molecule has 0 radical (unpaired) electrons. The monoisotopic (exact) mass is 276 g/mol. The highest BCUT2D eigenvalue weighted by molar-refractivity contribution is 5.90. The van der Waals surface area contributed by atoms with Crippen LogP contribution in [0.1, 0.15) is 16.1 Å². The second-order valence-electron chi connectivity index (χ2n) is 3.98. The van der Waals surface area contributed by atoms with Gasteiger partial charge in [0.1, 0.15) is 12.4 Å². The first-order valence-electron chi connectivity index (χ1n) is 5.82. The van der Waals surface area contributed by atoms with E-state index in [9.17, 15) is 9.18 Å². The molecule has 1 aromatic heterocycles. The molecule has 0 bridgehead atoms. The van der Waals surface area contributed by atoms with E-state index in [0.29, 0.717) is 11.6 Å². The molecule has 6 heteroatoms. The number of halogens is 1. The first-order valence-corrected chi connectivity index (χ1v) is 5.82. The molecule has 104 valence electrons. The zero-order valence-corrected chi connectivity index (χ0v) is 10.8. The van der Waals surface area contributed by atoms with Gasteiger partial charge in [-0.05, 0) is 24.3 Å². The van der Waals surface area contributed by atoms with Crippen LogP contribution in [0.4, 0.5) is 10.1 Å². The maximum Gasteiger partial charge on any atom is 0.338 e. The van der Waals surface area contributed by atoms with Crippen molar-refractivity contribution in [2.45, 2.75) is 6.61 Å². The van der Waals surface area contributed by atoms with E-state index >= 15 is 0 Å². The van der Waals surface area contributed by atoms with Crippen LogP contribution in [0.5, 0.6) is 5.88 Å². The molecule has 2 aromatic rings. The predicted molar refractivity (Wildman–Crippen MR) is 70.7 cm³/mol. The standard InChI is InChI=1S/C14H13FN2O3/c1-19-13-4-2-3-10(17-13)8-20-14(18)9-5-6-11(15)12(16)7-9/h2-7H,8,16H2,1H3. The average molecular weight is 276 g/mol. The number of aromatic nitrogens is 1. The molecule has 0 amide bonds. The summed E-state index contributed by atoms with van der Waals surface area (Å²) in [5.74, 6) is -0.734. The second-order valence-corrected chi connectivity index (χ2v) is 3.98. The lowest BCUT2D eigenvalue weighted by Crippen LogP contribution is -2.07. The first kappa shape index (κ1) is 13.8. The summed E-state index contributed by atoms with van der Waals surface area (Å²) >= 11 is 0. The molecule has 0 aliphatic heterocycles. The third-order valence-electron chi connectivity index (χ3n) is 2.57. The number of nitrogens with zero attached hydrogens (tertiary/aromatic N) is 1. The average Bonchev–Trinajstić information content (AvgIpc) is 2.47. The number of ether oxygens (including phenoxy) is 2. The van der Waals surface area contributed by atoms with Gasteiger partial charge >= 0.3 is 5.97 Å². The highest BCUT2D eigenvalue weighted by Gasteiger charge is 2.10. The van der Waals surface area contributed by atoms with Crippen LogP contribution in [0.15, 0.2) is 36.4 Å². The van der Waals surface area contributed by atoms with Crippen LogP contribution in [-0.4, -0.2) is 18.1 Å². The van der Waals surface area contributed by atoms with Crippen LogP contribution in [-0.2, 0) is 11.3 Å². The third kappa shape index (κ3) is 3.23. The van der Waals surface area contributed by atoms with Crippen LogP contribution < -0.4 is 10.5 Å². The lowest BCUT2D eigenvalue weighted by Gasteiger charge is -2.06. The molecule has 5 nitrogen and oxygen atoms in total. The van der Waals surface area contributed by atoms with Crippen molar-refractivity contribution >= 4 is 11.7 Å². The minimum absolute atomic E-state index is 0.00663. The van der Waals surface area contributed by atoms with Crippen molar-refractivity contribution in [3.63, 3.8) is 0 Å². The number of benzene rings is 1. The quantitative estimate of drug-likeness (QED) is 0.684. The summed E-state index contributed by atoms with van der Waals surface area (Å²) in [4.78, 5) is 15.9. The van der Waals surface area contributed by atoms with Gasteiger partial charge in [0.2, 0.25) is 5.88 Å². The highest BCUT2D eigenvalue weighted by atomic mass is 19.1. The van der Waals surface area contributed by atoms with Gasteiger partial charge in [-0.15, -0.1) is 0 Å². The maximum absolute atomic E-state index is 13.0. The normalized spacial score (nSPS) is 10.1. The molecule has 2 N–H and O–H groups in total. The molecule has 0 aliphatic rings. The Hall–Kier alpha value is -2.63. The summed E-state index contributed by atoms with van der Waals surface area (Å²) in [7, 11) is 1.50. The number of nitrogen functional groups attached to an aromatic ring is 1. The number of nitrogens with two attached hydrogens (primary N) is 1. The zero-order chi connectivity index (χ0) is 14.5. The van der Waals surface area contributed by atoms with Crippen molar-refractivity contribution < 1.29 is 18.7 Å². The van der Waals surface area contributed by atoms with Crippen molar-refractivity contribution in [1.82, 2.24) is 4.98 Å². The number of anilines is 1. The van der Waals surface area contributed by atoms with E-state index < -0.39 is 11.8 Å². The molecule has 0 saturated carbocycles. The lowest BCUT2D eigenvalue weighted by atomic mass is 10.2. The number of rotatable bonds is 4. The van der Waals surface area contributed by atoms with E-state index in [2.05, 4.69) is 4.98 Å². The van der Waals surface area contributed by atoms with E-state index in [1.54, 1.807) is 18.2 Å².